The maximum atomic E-state index is 11.8. The number of H-pyrrole nitrogens is 1. The van der Waals surface area contributed by atoms with Gasteiger partial charge in [0.25, 0.3) is 5.91 Å². The van der Waals surface area contributed by atoms with Crippen molar-refractivity contribution in [3.05, 3.63) is 22.4 Å². The lowest BCUT2D eigenvalue weighted by atomic mass is 10.00. The molecule has 2 N–H and O–H groups in total. The lowest BCUT2D eigenvalue weighted by Crippen LogP contribution is -2.32. The van der Waals surface area contributed by atoms with Gasteiger partial charge in [-0.2, -0.15) is 0 Å². The monoisotopic (exact) mass is 300 g/mol. The van der Waals surface area contributed by atoms with Crippen LogP contribution in [0.1, 0.15) is 30.3 Å². The molecule has 1 aromatic rings. The maximum Gasteiger partial charge on any atom is 0.267 e. The number of ether oxygens (including phenoxy) is 1. The molecule has 2 unspecified atom stereocenters. The van der Waals surface area contributed by atoms with Crippen LogP contribution in [-0.2, 0) is 4.74 Å². The van der Waals surface area contributed by atoms with Crippen molar-refractivity contribution in [2.45, 2.75) is 25.9 Å². The van der Waals surface area contributed by atoms with Crippen molar-refractivity contribution in [1.82, 2.24) is 10.3 Å². The molecule has 0 spiro atoms. The molecule has 0 saturated carbocycles. The normalized spacial score (nSPS) is 23.9. The molecule has 4 nitrogen and oxygen atoms in total. The number of aromatic nitrogens is 1. The van der Waals surface area contributed by atoms with Crippen molar-refractivity contribution in [1.29, 1.82) is 0 Å². The van der Waals surface area contributed by atoms with E-state index in [0.29, 0.717) is 24.3 Å². The van der Waals surface area contributed by atoms with Gasteiger partial charge in [-0.3, -0.25) is 4.79 Å². The summed E-state index contributed by atoms with van der Waals surface area (Å²) in [6, 6.07) is 1.78. The van der Waals surface area contributed by atoms with Crippen LogP contribution in [0.2, 0.25) is 0 Å². The Balaban J connectivity index is 1.84. The van der Waals surface area contributed by atoms with E-state index in [1.165, 1.54) is 0 Å². The molecule has 2 heterocycles. The van der Waals surface area contributed by atoms with Crippen molar-refractivity contribution >= 4 is 21.8 Å². The van der Waals surface area contributed by atoms with E-state index >= 15 is 0 Å². The second kappa shape index (κ2) is 5.69. The first-order valence-corrected chi connectivity index (χ1v) is 6.73. The summed E-state index contributed by atoms with van der Waals surface area (Å²) in [6.45, 7) is 3.62. The van der Waals surface area contributed by atoms with Gasteiger partial charge in [0.05, 0.1) is 6.10 Å². The molecule has 0 radical (unpaired) electrons. The standard InChI is InChI=1S/C12H17BrN2O2/c1-2-11-8(3-4-17-11)6-15-12(16)10-5-9(13)7-14-10/h5,7-8,11,14H,2-4,6H2,1H3,(H,15,16). The highest BCUT2D eigenvalue weighted by Crippen LogP contribution is 2.22. The Labute approximate surface area is 109 Å². The van der Waals surface area contributed by atoms with Crippen molar-refractivity contribution in [3.8, 4) is 0 Å². The van der Waals surface area contributed by atoms with Gasteiger partial charge in [0.2, 0.25) is 0 Å². The number of amides is 1. The van der Waals surface area contributed by atoms with Gasteiger partial charge in [-0.25, -0.2) is 0 Å². The number of aromatic amines is 1. The summed E-state index contributed by atoms with van der Waals surface area (Å²) in [5.41, 5.74) is 0.587. The minimum absolute atomic E-state index is 0.0579. The van der Waals surface area contributed by atoms with E-state index in [-0.39, 0.29) is 5.91 Å². The van der Waals surface area contributed by atoms with E-state index in [0.717, 1.165) is 23.9 Å². The number of carbonyl (C=O) groups is 1. The van der Waals surface area contributed by atoms with Gasteiger partial charge in [-0.05, 0) is 34.8 Å². The highest BCUT2D eigenvalue weighted by atomic mass is 79.9. The van der Waals surface area contributed by atoms with Crippen LogP contribution in [0.5, 0.6) is 0 Å². The largest absolute Gasteiger partial charge is 0.378 e. The molecule has 0 aliphatic carbocycles. The average molecular weight is 301 g/mol. The van der Waals surface area contributed by atoms with E-state index in [9.17, 15) is 4.79 Å². The molecule has 5 heteroatoms. The molecule has 1 fully saturated rings. The van der Waals surface area contributed by atoms with Crippen LogP contribution in [-0.4, -0.2) is 30.1 Å². The first kappa shape index (κ1) is 12.6. The molecule has 17 heavy (non-hydrogen) atoms. The summed E-state index contributed by atoms with van der Waals surface area (Å²) in [4.78, 5) is 14.7. The lowest BCUT2D eigenvalue weighted by Gasteiger charge is -2.16. The number of hydrogen-bond donors (Lipinski definition) is 2. The topological polar surface area (TPSA) is 54.1 Å². The zero-order valence-electron chi connectivity index (χ0n) is 9.83. The third-order valence-electron chi connectivity index (χ3n) is 3.17. The Bertz CT molecular complexity index is 392. The van der Waals surface area contributed by atoms with E-state index in [4.69, 9.17) is 4.74 Å². The zero-order valence-corrected chi connectivity index (χ0v) is 11.4. The van der Waals surface area contributed by atoms with E-state index in [2.05, 4.69) is 33.2 Å². The number of carbonyl (C=O) groups excluding carboxylic acids is 1. The Morgan fingerprint density at radius 2 is 2.53 bits per heavy atom. The zero-order chi connectivity index (χ0) is 12.3. The van der Waals surface area contributed by atoms with Crippen LogP contribution >= 0.6 is 15.9 Å². The molecule has 94 valence electrons. The number of halogens is 1. The van der Waals surface area contributed by atoms with E-state index < -0.39 is 0 Å². The lowest BCUT2D eigenvalue weighted by molar-refractivity contribution is 0.0825. The molecule has 1 aromatic heterocycles. The van der Waals surface area contributed by atoms with Crippen molar-refractivity contribution in [2.75, 3.05) is 13.2 Å². The predicted octanol–water partition coefficient (Wildman–Crippen LogP) is 2.32. The van der Waals surface area contributed by atoms with Crippen molar-refractivity contribution in [3.63, 3.8) is 0 Å². The van der Waals surface area contributed by atoms with Crippen LogP contribution in [0.25, 0.3) is 0 Å². The van der Waals surface area contributed by atoms with Gasteiger partial charge in [0.1, 0.15) is 5.69 Å². The fraction of sp³-hybridized carbons (Fsp3) is 0.583. The third kappa shape index (κ3) is 3.10. The average Bonchev–Trinajstić information content (AvgIpc) is 2.94. The molecule has 1 aliphatic heterocycles. The van der Waals surface area contributed by atoms with Gasteiger partial charge in [-0.1, -0.05) is 6.92 Å². The van der Waals surface area contributed by atoms with Gasteiger partial charge in [0.15, 0.2) is 0 Å². The summed E-state index contributed by atoms with van der Waals surface area (Å²) in [5.74, 6) is 0.389. The SMILES string of the molecule is CCC1OCCC1CNC(=O)c1cc(Br)c[nH]1. The van der Waals surface area contributed by atoms with Gasteiger partial charge < -0.3 is 15.0 Å². The third-order valence-corrected chi connectivity index (χ3v) is 3.62. The second-order valence-corrected chi connectivity index (χ2v) is 5.22. The Morgan fingerprint density at radius 1 is 1.71 bits per heavy atom. The fourth-order valence-corrected chi connectivity index (χ4v) is 2.54. The molecule has 1 amide bonds. The molecule has 0 bridgehead atoms. The van der Waals surface area contributed by atoms with E-state index in [1.54, 1.807) is 12.3 Å². The molecule has 2 atom stereocenters. The molecular formula is C12H17BrN2O2. The molecule has 1 aliphatic rings. The number of hydrogen-bond acceptors (Lipinski definition) is 2. The summed E-state index contributed by atoms with van der Waals surface area (Å²) >= 11 is 3.31. The minimum Gasteiger partial charge on any atom is -0.378 e. The number of nitrogens with one attached hydrogen (secondary N) is 2. The van der Waals surface area contributed by atoms with Crippen LogP contribution in [0.3, 0.4) is 0 Å². The molecule has 0 aromatic carbocycles. The molecule has 2 rings (SSSR count). The quantitative estimate of drug-likeness (QED) is 0.897. The van der Waals surface area contributed by atoms with Crippen LogP contribution in [0, 0.1) is 5.92 Å². The van der Waals surface area contributed by atoms with Crippen LogP contribution < -0.4 is 5.32 Å². The van der Waals surface area contributed by atoms with Gasteiger partial charge in [0, 0.05) is 29.7 Å². The fourth-order valence-electron chi connectivity index (χ4n) is 2.20. The maximum absolute atomic E-state index is 11.8. The first-order chi connectivity index (χ1) is 8.20. The second-order valence-electron chi connectivity index (χ2n) is 4.31. The summed E-state index contributed by atoms with van der Waals surface area (Å²) in [5, 5.41) is 2.95. The van der Waals surface area contributed by atoms with Crippen molar-refractivity contribution < 1.29 is 9.53 Å². The Kier molecular flexibility index (Phi) is 4.23. The summed E-state index contributed by atoms with van der Waals surface area (Å²) in [7, 11) is 0. The highest BCUT2D eigenvalue weighted by Gasteiger charge is 2.26. The minimum atomic E-state index is -0.0579. The summed E-state index contributed by atoms with van der Waals surface area (Å²) in [6.07, 6.45) is 4.09. The first-order valence-electron chi connectivity index (χ1n) is 5.94. The Morgan fingerprint density at radius 3 is 3.18 bits per heavy atom. The summed E-state index contributed by atoms with van der Waals surface area (Å²) < 4.78 is 6.48. The van der Waals surface area contributed by atoms with Gasteiger partial charge >= 0.3 is 0 Å². The van der Waals surface area contributed by atoms with Crippen LogP contribution in [0.4, 0.5) is 0 Å². The highest BCUT2D eigenvalue weighted by molar-refractivity contribution is 9.10. The Hall–Kier alpha value is -0.810. The van der Waals surface area contributed by atoms with Gasteiger partial charge in [-0.15, -0.1) is 0 Å². The smallest absolute Gasteiger partial charge is 0.267 e. The van der Waals surface area contributed by atoms with Crippen molar-refractivity contribution in [2.24, 2.45) is 5.92 Å². The molecule has 1 saturated heterocycles. The molecular weight excluding hydrogens is 284 g/mol. The van der Waals surface area contributed by atoms with E-state index in [1.807, 2.05) is 0 Å². The van der Waals surface area contributed by atoms with Crippen LogP contribution in [0.15, 0.2) is 16.7 Å². The predicted molar refractivity (Wildman–Crippen MR) is 69.0 cm³/mol. The number of rotatable bonds is 4.